The molecule has 0 spiro atoms. The molecule has 1 aromatic heterocycles. The summed E-state index contributed by atoms with van der Waals surface area (Å²) in [6.07, 6.45) is 0. The molecule has 23 heavy (non-hydrogen) atoms. The lowest BCUT2D eigenvalue weighted by Gasteiger charge is -2.19. The maximum absolute atomic E-state index is 12.2. The van der Waals surface area contributed by atoms with Crippen LogP contribution in [0.4, 0.5) is 17.1 Å². The topological polar surface area (TPSA) is 49.4 Å². The molecule has 3 aromatic rings. The molecule has 2 aromatic carbocycles. The van der Waals surface area contributed by atoms with Crippen LogP contribution in [-0.4, -0.2) is 15.5 Å². The van der Waals surface area contributed by atoms with E-state index >= 15 is 0 Å². The Kier molecular flexibility index (Phi) is 4.36. The van der Waals surface area contributed by atoms with Gasteiger partial charge in [-0.05, 0) is 47.8 Å². The number of nitrogens with zero attached hydrogens (tertiary/aromatic N) is 1. The van der Waals surface area contributed by atoms with Crippen LogP contribution in [0, 0.1) is 0 Å². The van der Waals surface area contributed by atoms with Gasteiger partial charge < -0.3 is 4.90 Å². The number of nitrogens with one attached hydrogen (secondary N) is 1. The van der Waals surface area contributed by atoms with Gasteiger partial charge in [0.2, 0.25) is 0 Å². The lowest BCUT2D eigenvalue weighted by Crippen LogP contribution is -2.12. The zero-order valence-corrected chi connectivity index (χ0v) is 14.1. The highest BCUT2D eigenvalue weighted by molar-refractivity contribution is 7.94. The summed E-state index contributed by atoms with van der Waals surface area (Å²) in [5, 5.41) is 1.74. The van der Waals surface area contributed by atoms with E-state index in [4.69, 9.17) is 0 Å². The average molecular weight is 344 g/mol. The summed E-state index contributed by atoms with van der Waals surface area (Å²) in [5.41, 5.74) is 2.60. The number of anilines is 3. The molecule has 1 heterocycles. The van der Waals surface area contributed by atoms with E-state index in [9.17, 15) is 8.42 Å². The van der Waals surface area contributed by atoms with E-state index in [1.165, 1.54) is 11.3 Å². The second-order valence-electron chi connectivity index (χ2n) is 4.98. The lowest BCUT2D eigenvalue weighted by atomic mass is 10.2. The molecular weight excluding hydrogens is 328 g/mol. The van der Waals surface area contributed by atoms with Crippen molar-refractivity contribution in [3.05, 3.63) is 72.1 Å². The third kappa shape index (κ3) is 3.55. The van der Waals surface area contributed by atoms with E-state index in [1.807, 2.05) is 54.4 Å². The molecule has 0 aliphatic carbocycles. The van der Waals surface area contributed by atoms with Gasteiger partial charge in [0.25, 0.3) is 10.0 Å². The van der Waals surface area contributed by atoms with Gasteiger partial charge in [0.1, 0.15) is 4.21 Å². The molecule has 0 aliphatic heterocycles. The van der Waals surface area contributed by atoms with Crippen molar-refractivity contribution in [2.75, 3.05) is 16.7 Å². The molecule has 0 aliphatic rings. The second-order valence-corrected chi connectivity index (χ2v) is 7.84. The molecule has 118 valence electrons. The van der Waals surface area contributed by atoms with Gasteiger partial charge in [0.05, 0.1) is 0 Å². The standard InChI is InChI=1S/C17H16N2O2S2/c1-19(15-6-3-2-4-7-15)16-11-9-14(10-12-16)18-23(20,21)17-8-5-13-22-17/h2-13,18H,1H3. The molecule has 0 fully saturated rings. The van der Waals surface area contributed by atoms with Gasteiger partial charge in [0.15, 0.2) is 0 Å². The summed E-state index contributed by atoms with van der Waals surface area (Å²) in [7, 11) is -1.53. The van der Waals surface area contributed by atoms with E-state index in [0.29, 0.717) is 9.90 Å². The Morgan fingerprint density at radius 2 is 1.52 bits per heavy atom. The van der Waals surface area contributed by atoms with E-state index in [2.05, 4.69) is 4.72 Å². The van der Waals surface area contributed by atoms with Gasteiger partial charge in [0, 0.05) is 24.1 Å². The summed E-state index contributed by atoms with van der Waals surface area (Å²) < 4.78 is 27.3. The summed E-state index contributed by atoms with van der Waals surface area (Å²) >= 11 is 1.20. The third-order valence-corrected chi connectivity index (χ3v) is 6.19. The van der Waals surface area contributed by atoms with E-state index in [-0.39, 0.29) is 0 Å². The average Bonchev–Trinajstić information content (AvgIpc) is 3.11. The number of hydrogen-bond donors (Lipinski definition) is 1. The fraction of sp³-hybridized carbons (Fsp3) is 0.0588. The van der Waals surface area contributed by atoms with Crippen LogP contribution in [0.25, 0.3) is 0 Å². The first-order chi connectivity index (χ1) is 11.1. The van der Waals surface area contributed by atoms with Crippen molar-refractivity contribution >= 4 is 38.4 Å². The number of benzene rings is 2. The van der Waals surface area contributed by atoms with Crippen molar-refractivity contribution < 1.29 is 8.42 Å². The normalized spacial score (nSPS) is 11.2. The van der Waals surface area contributed by atoms with Crippen molar-refractivity contribution in [3.63, 3.8) is 0 Å². The molecule has 0 radical (unpaired) electrons. The first-order valence-corrected chi connectivity index (χ1v) is 9.38. The van der Waals surface area contributed by atoms with Crippen molar-refractivity contribution in [2.24, 2.45) is 0 Å². The Morgan fingerprint density at radius 3 is 2.13 bits per heavy atom. The molecule has 0 unspecified atom stereocenters. The Balaban J connectivity index is 1.78. The van der Waals surface area contributed by atoms with E-state index in [1.54, 1.807) is 29.6 Å². The smallest absolute Gasteiger partial charge is 0.271 e. The van der Waals surface area contributed by atoms with Gasteiger partial charge in [-0.25, -0.2) is 8.42 Å². The molecule has 4 nitrogen and oxygen atoms in total. The van der Waals surface area contributed by atoms with Gasteiger partial charge in [-0.1, -0.05) is 24.3 Å². The Bertz CT molecular complexity index is 859. The largest absolute Gasteiger partial charge is 0.345 e. The maximum atomic E-state index is 12.2. The molecule has 0 saturated carbocycles. The number of hydrogen-bond acceptors (Lipinski definition) is 4. The van der Waals surface area contributed by atoms with Gasteiger partial charge in [-0.3, -0.25) is 4.72 Å². The van der Waals surface area contributed by atoms with Crippen molar-refractivity contribution in [1.82, 2.24) is 0 Å². The highest BCUT2D eigenvalue weighted by Gasteiger charge is 2.15. The SMILES string of the molecule is CN(c1ccccc1)c1ccc(NS(=O)(=O)c2cccs2)cc1. The molecule has 3 rings (SSSR count). The van der Waals surface area contributed by atoms with Crippen LogP contribution in [0.5, 0.6) is 0 Å². The van der Waals surface area contributed by atoms with Crippen LogP contribution < -0.4 is 9.62 Å². The van der Waals surface area contributed by atoms with Crippen LogP contribution >= 0.6 is 11.3 Å². The predicted molar refractivity (Wildman–Crippen MR) is 96.1 cm³/mol. The summed E-state index contributed by atoms with van der Waals surface area (Å²) in [5.74, 6) is 0. The van der Waals surface area contributed by atoms with Crippen LogP contribution in [0.3, 0.4) is 0 Å². The maximum Gasteiger partial charge on any atom is 0.271 e. The van der Waals surface area contributed by atoms with E-state index in [0.717, 1.165) is 11.4 Å². The van der Waals surface area contributed by atoms with Gasteiger partial charge in [-0.2, -0.15) is 0 Å². The first kappa shape index (κ1) is 15.6. The molecule has 0 amide bonds. The summed E-state index contributed by atoms with van der Waals surface area (Å²) in [6, 6.07) is 20.6. The van der Waals surface area contributed by atoms with Crippen LogP contribution in [0.2, 0.25) is 0 Å². The number of thiophene rings is 1. The fourth-order valence-electron chi connectivity index (χ4n) is 2.18. The molecule has 6 heteroatoms. The number of para-hydroxylation sites is 1. The highest BCUT2D eigenvalue weighted by Crippen LogP contribution is 2.26. The molecular formula is C17H16N2O2S2. The lowest BCUT2D eigenvalue weighted by molar-refractivity contribution is 0.603. The van der Waals surface area contributed by atoms with Crippen LogP contribution in [0.15, 0.2) is 76.3 Å². The Hall–Kier alpha value is -2.31. The minimum atomic E-state index is -3.50. The third-order valence-electron chi connectivity index (χ3n) is 3.41. The summed E-state index contributed by atoms with van der Waals surface area (Å²) in [6.45, 7) is 0. The first-order valence-electron chi connectivity index (χ1n) is 7.01. The minimum Gasteiger partial charge on any atom is -0.345 e. The van der Waals surface area contributed by atoms with Crippen molar-refractivity contribution in [2.45, 2.75) is 4.21 Å². The highest BCUT2D eigenvalue weighted by atomic mass is 32.2. The van der Waals surface area contributed by atoms with Gasteiger partial charge in [-0.15, -0.1) is 11.3 Å². The predicted octanol–water partition coefficient (Wildman–Crippen LogP) is 4.32. The molecule has 0 atom stereocenters. The van der Waals surface area contributed by atoms with Crippen LogP contribution in [0.1, 0.15) is 0 Å². The quantitative estimate of drug-likeness (QED) is 0.750. The number of rotatable bonds is 5. The Labute approximate surface area is 140 Å². The fourth-order valence-corrected chi connectivity index (χ4v) is 4.23. The van der Waals surface area contributed by atoms with Crippen molar-refractivity contribution in [3.8, 4) is 0 Å². The van der Waals surface area contributed by atoms with Gasteiger partial charge >= 0.3 is 0 Å². The molecule has 0 bridgehead atoms. The number of sulfonamides is 1. The van der Waals surface area contributed by atoms with E-state index < -0.39 is 10.0 Å². The minimum absolute atomic E-state index is 0.308. The zero-order chi connectivity index (χ0) is 16.3. The Morgan fingerprint density at radius 1 is 0.870 bits per heavy atom. The molecule has 0 saturated heterocycles. The van der Waals surface area contributed by atoms with Crippen LogP contribution in [-0.2, 0) is 10.0 Å². The molecule has 1 N–H and O–H groups in total. The second kappa shape index (κ2) is 6.44. The monoisotopic (exact) mass is 344 g/mol. The summed E-state index contributed by atoms with van der Waals surface area (Å²) in [4.78, 5) is 2.04. The van der Waals surface area contributed by atoms with Crippen molar-refractivity contribution in [1.29, 1.82) is 0 Å². The zero-order valence-electron chi connectivity index (χ0n) is 12.5.